The van der Waals surface area contributed by atoms with E-state index in [1.54, 1.807) is 12.1 Å². The third kappa shape index (κ3) is 4.41. The summed E-state index contributed by atoms with van der Waals surface area (Å²) < 4.78 is 13.1. The summed E-state index contributed by atoms with van der Waals surface area (Å²) >= 11 is 0. The zero-order chi connectivity index (χ0) is 15.2. The standard InChI is InChI=1S/C16H21FN4/c1-11(2)16-20-14(18-3)10-15(21-16)19-8-7-12-5-4-6-13(17)9-12/h4-6,9-11H,7-8H2,1-3H3,(H2,18,19,20,21). The molecule has 1 aromatic heterocycles. The molecular weight excluding hydrogens is 267 g/mol. The van der Waals surface area contributed by atoms with E-state index in [-0.39, 0.29) is 11.7 Å². The van der Waals surface area contributed by atoms with Gasteiger partial charge in [-0.25, -0.2) is 14.4 Å². The van der Waals surface area contributed by atoms with Gasteiger partial charge in [-0.05, 0) is 24.1 Å². The van der Waals surface area contributed by atoms with Gasteiger partial charge in [-0.3, -0.25) is 0 Å². The predicted molar refractivity (Wildman–Crippen MR) is 84.3 cm³/mol. The second-order valence-corrected chi connectivity index (χ2v) is 5.21. The molecular formula is C16H21FN4. The molecule has 0 atom stereocenters. The third-order valence-corrected chi connectivity index (χ3v) is 3.12. The van der Waals surface area contributed by atoms with Gasteiger partial charge in [-0.1, -0.05) is 26.0 Å². The lowest BCUT2D eigenvalue weighted by molar-refractivity contribution is 0.625. The average Bonchev–Trinajstić information content (AvgIpc) is 2.47. The maximum atomic E-state index is 13.1. The van der Waals surface area contributed by atoms with Gasteiger partial charge in [0.1, 0.15) is 23.3 Å². The van der Waals surface area contributed by atoms with Crippen LogP contribution in [0.1, 0.15) is 31.2 Å². The quantitative estimate of drug-likeness (QED) is 0.855. The number of nitrogens with one attached hydrogen (secondary N) is 2. The summed E-state index contributed by atoms with van der Waals surface area (Å²) in [4.78, 5) is 8.91. The number of halogens is 1. The van der Waals surface area contributed by atoms with E-state index >= 15 is 0 Å². The van der Waals surface area contributed by atoms with Gasteiger partial charge < -0.3 is 10.6 Å². The summed E-state index contributed by atoms with van der Waals surface area (Å²) in [6.07, 6.45) is 0.744. The topological polar surface area (TPSA) is 49.8 Å². The van der Waals surface area contributed by atoms with E-state index < -0.39 is 0 Å². The van der Waals surface area contributed by atoms with Crippen LogP contribution in [0, 0.1) is 5.82 Å². The molecule has 4 nitrogen and oxygen atoms in total. The Bertz CT molecular complexity index is 599. The van der Waals surface area contributed by atoms with Crippen LogP contribution in [0.25, 0.3) is 0 Å². The van der Waals surface area contributed by atoms with Crippen LogP contribution in [0.2, 0.25) is 0 Å². The van der Waals surface area contributed by atoms with Gasteiger partial charge in [0.25, 0.3) is 0 Å². The summed E-state index contributed by atoms with van der Waals surface area (Å²) in [7, 11) is 1.84. The highest BCUT2D eigenvalue weighted by atomic mass is 19.1. The van der Waals surface area contributed by atoms with Gasteiger partial charge in [-0.2, -0.15) is 0 Å². The van der Waals surface area contributed by atoms with Crippen molar-refractivity contribution in [1.29, 1.82) is 0 Å². The van der Waals surface area contributed by atoms with Crippen LogP contribution in [0.5, 0.6) is 0 Å². The van der Waals surface area contributed by atoms with Crippen LogP contribution in [0.4, 0.5) is 16.0 Å². The maximum Gasteiger partial charge on any atom is 0.135 e. The van der Waals surface area contributed by atoms with E-state index in [1.165, 1.54) is 6.07 Å². The molecule has 0 unspecified atom stereocenters. The minimum absolute atomic E-state index is 0.200. The van der Waals surface area contributed by atoms with E-state index in [9.17, 15) is 4.39 Å². The Morgan fingerprint density at radius 2 is 1.90 bits per heavy atom. The van der Waals surface area contributed by atoms with E-state index in [1.807, 2.05) is 19.2 Å². The van der Waals surface area contributed by atoms with Crippen molar-refractivity contribution in [3.8, 4) is 0 Å². The number of rotatable bonds is 6. The molecule has 1 heterocycles. The summed E-state index contributed by atoms with van der Waals surface area (Å²) in [5.74, 6) is 2.45. The molecule has 5 heteroatoms. The Kier molecular flexibility index (Phi) is 5.09. The van der Waals surface area contributed by atoms with Crippen molar-refractivity contribution in [2.45, 2.75) is 26.2 Å². The van der Waals surface area contributed by atoms with Crippen LogP contribution in [0.15, 0.2) is 30.3 Å². The molecule has 0 amide bonds. The van der Waals surface area contributed by atoms with Gasteiger partial charge in [0, 0.05) is 25.6 Å². The molecule has 2 N–H and O–H groups in total. The van der Waals surface area contributed by atoms with E-state index in [0.29, 0.717) is 6.54 Å². The Balaban J connectivity index is 2.01. The smallest absolute Gasteiger partial charge is 0.135 e. The molecule has 0 spiro atoms. The van der Waals surface area contributed by atoms with E-state index in [2.05, 4.69) is 34.4 Å². The van der Waals surface area contributed by atoms with Crippen LogP contribution < -0.4 is 10.6 Å². The molecule has 0 fully saturated rings. The molecule has 0 aliphatic carbocycles. The Hall–Kier alpha value is -2.17. The largest absolute Gasteiger partial charge is 0.373 e. The molecule has 2 aromatic rings. The number of anilines is 2. The van der Waals surface area contributed by atoms with Crippen molar-refractivity contribution in [1.82, 2.24) is 9.97 Å². The van der Waals surface area contributed by atoms with Crippen LogP contribution in [-0.4, -0.2) is 23.6 Å². The first kappa shape index (κ1) is 15.2. The number of aromatic nitrogens is 2. The average molecular weight is 288 g/mol. The lowest BCUT2D eigenvalue weighted by Gasteiger charge is -2.11. The summed E-state index contributed by atoms with van der Waals surface area (Å²) in [5, 5.41) is 6.31. The second-order valence-electron chi connectivity index (χ2n) is 5.21. The molecule has 0 aliphatic rings. The monoisotopic (exact) mass is 288 g/mol. The van der Waals surface area contributed by atoms with Crippen LogP contribution in [0.3, 0.4) is 0 Å². The van der Waals surface area contributed by atoms with Crippen molar-refractivity contribution in [2.75, 3.05) is 24.2 Å². The Labute approximate surface area is 124 Å². The van der Waals surface area contributed by atoms with Gasteiger partial charge in [0.05, 0.1) is 0 Å². The molecule has 112 valence electrons. The molecule has 21 heavy (non-hydrogen) atoms. The Morgan fingerprint density at radius 1 is 1.14 bits per heavy atom. The number of hydrogen-bond donors (Lipinski definition) is 2. The summed E-state index contributed by atoms with van der Waals surface area (Å²) in [6.45, 7) is 4.82. The molecule has 0 radical (unpaired) electrons. The molecule has 0 saturated carbocycles. The first-order chi connectivity index (χ1) is 10.1. The molecule has 0 aliphatic heterocycles. The summed E-state index contributed by atoms with van der Waals surface area (Å²) in [5.41, 5.74) is 0.967. The second kappa shape index (κ2) is 7.02. The highest BCUT2D eigenvalue weighted by Gasteiger charge is 2.07. The first-order valence-electron chi connectivity index (χ1n) is 7.13. The van der Waals surface area contributed by atoms with Crippen LogP contribution in [-0.2, 0) is 6.42 Å². The minimum Gasteiger partial charge on any atom is -0.373 e. The molecule has 2 rings (SSSR count). The van der Waals surface area contributed by atoms with Crippen LogP contribution >= 0.6 is 0 Å². The lowest BCUT2D eigenvalue weighted by Crippen LogP contribution is -2.10. The number of hydrogen-bond acceptors (Lipinski definition) is 4. The number of benzene rings is 1. The Morgan fingerprint density at radius 3 is 2.57 bits per heavy atom. The van der Waals surface area contributed by atoms with Gasteiger partial charge in [0.15, 0.2) is 0 Å². The van der Waals surface area contributed by atoms with Crippen molar-refractivity contribution in [3.05, 3.63) is 47.5 Å². The first-order valence-corrected chi connectivity index (χ1v) is 7.13. The van der Waals surface area contributed by atoms with Crippen molar-refractivity contribution < 1.29 is 4.39 Å². The summed E-state index contributed by atoms with van der Waals surface area (Å²) in [6, 6.07) is 8.53. The van der Waals surface area contributed by atoms with Gasteiger partial charge >= 0.3 is 0 Å². The highest BCUT2D eigenvalue weighted by Crippen LogP contribution is 2.16. The number of nitrogens with zero attached hydrogens (tertiary/aromatic N) is 2. The fourth-order valence-electron chi connectivity index (χ4n) is 1.97. The predicted octanol–water partition coefficient (Wildman–Crippen LogP) is 3.44. The molecule has 1 aromatic carbocycles. The normalized spacial score (nSPS) is 10.7. The highest BCUT2D eigenvalue weighted by molar-refractivity contribution is 5.47. The van der Waals surface area contributed by atoms with E-state index in [4.69, 9.17) is 0 Å². The van der Waals surface area contributed by atoms with Crippen molar-refractivity contribution in [3.63, 3.8) is 0 Å². The van der Waals surface area contributed by atoms with Crippen molar-refractivity contribution >= 4 is 11.6 Å². The fourth-order valence-corrected chi connectivity index (χ4v) is 1.97. The maximum absolute atomic E-state index is 13.1. The van der Waals surface area contributed by atoms with Crippen molar-refractivity contribution in [2.24, 2.45) is 0 Å². The van der Waals surface area contributed by atoms with Gasteiger partial charge in [-0.15, -0.1) is 0 Å². The van der Waals surface area contributed by atoms with Gasteiger partial charge in [0.2, 0.25) is 0 Å². The fraction of sp³-hybridized carbons (Fsp3) is 0.375. The zero-order valence-corrected chi connectivity index (χ0v) is 12.7. The minimum atomic E-state index is -0.200. The molecule has 0 saturated heterocycles. The lowest BCUT2D eigenvalue weighted by atomic mass is 10.1. The third-order valence-electron chi connectivity index (χ3n) is 3.12. The SMILES string of the molecule is CNc1cc(NCCc2cccc(F)c2)nc(C(C)C)n1. The molecule has 0 bridgehead atoms. The zero-order valence-electron chi connectivity index (χ0n) is 12.7. The van der Waals surface area contributed by atoms with E-state index in [0.717, 1.165) is 29.4 Å².